The van der Waals surface area contributed by atoms with E-state index in [1.54, 1.807) is 6.07 Å². The largest absolute Gasteiger partial charge is 0.338 e. The first kappa shape index (κ1) is 15.3. The van der Waals surface area contributed by atoms with Gasteiger partial charge in [0.25, 0.3) is 0 Å². The van der Waals surface area contributed by atoms with Crippen LogP contribution in [0.5, 0.6) is 0 Å². The van der Waals surface area contributed by atoms with Gasteiger partial charge in [0.05, 0.1) is 6.54 Å². The van der Waals surface area contributed by atoms with E-state index in [2.05, 4.69) is 22.4 Å². The molecule has 4 nitrogen and oxygen atoms in total. The highest BCUT2D eigenvalue weighted by molar-refractivity contribution is 6.35. The maximum Gasteiger partial charge on any atom is 0.240 e. The van der Waals surface area contributed by atoms with Gasteiger partial charge in [-0.3, -0.25) is 0 Å². The first-order valence-electron chi connectivity index (χ1n) is 6.60. The predicted octanol–water partition coefficient (Wildman–Crippen LogP) is 4.18. The molecule has 0 amide bonds. The third-order valence-corrected chi connectivity index (χ3v) is 3.53. The van der Waals surface area contributed by atoms with Crippen molar-refractivity contribution in [1.82, 2.24) is 15.5 Å². The molecule has 0 bridgehead atoms. The summed E-state index contributed by atoms with van der Waals surface area (Å²) >= 11 is 12.1. The fourth-order valence-electron chi connectivity index (χ4n) is 1.89. The number of rotatable bonds is 6. The minimum Gasteiger partial charge on any atom is -0.338 e. The molecule has 1 aromatic heterocycles. The highest BCUT2D eigenvalue weighted by atomic mass is 35.5. The Kier molecular flexibility index (Phi) is 5.40. The Morgan fingerprint density at radius 2 is 2.15 bits per heavy atom. The van der Waals surface area contributed by atoms with Crippen molar-refractivity contribution in [3.63, 3.8) is 0 Å². The van der Waals surface area contributed by atoms with E-state index < -0.39 is 0 Å². The smallest absolute Gasteiger partial charge is 0.240 e. The molecule has 2 rings (SSSR count). The molecule has 0 aliphatic heterocycles. The molecule has 108 valence electrons. The molecule has 20 heavy (non-hydrogen) atoms. The first-order chi connectivity index (χ1) is 9.60. The van der Waals surface area contributed by atoms with E-state index in [4.69, 9.17) is 27.7 Å². The zero-order valence-electron chi connectivity index (χ0n) is 11.5. The molecule has 6 heteroatoms. The minimum absolute atomic E-state index is 0.0706. The molecule has 2 aromatic rings. The van der Waals surface area contributed by atoms with Crippen molar-refractivity contribution in [2.75, 3.05) is 0 Å². The molecule has 0 spiro atoms. The zero-order chi connectivity index (χ0) is 14.5. The molecule has 0 fully saturated rings. The van der Waals surface area contributed by atoms with Crippen molar-refractivity contribution >= 4 is 23.2 Å². The molecule has 0 saturated heterocycles. The lowest BCUT2D eigenvalue weighted by atomic mass is 10.1. The molecule has 0 radical (unpaired) electrons. The summed E-state index contributed by atoms with van der Waals surface area (Å²) in [6, 6.07) is 5.55. The van der Waals surface area contributed by atoms with Gasteiger partial charge in [-0.1, -0.05) is 41.3 Å². The van der Waals surface area contributed by atoms with Gasteiger partial charge in [-0.25, -0.2) is 0 Å². The van der Waals surface area contributed by atoms with Crippen molar-refractivity contribution in [3.8, 4) is 0 Å². The predicted molar refractivity (Wildman–Crippen MR) is 80.0 cm³/mol. The lowest BCUT2D eigenvalue weighted by molar-refractivity contribution is 0.356. The highest BCUT2D eigenvalue weighted by Gasteiger charge is 2.12. The van der Waals surface area contributed by atoms with Gasteiger partial charge >= 0.3 is 0 Å². The number of halogens is 2. The zero-order valence-corrected chi connectivity index (χ0v) is 13.0. The molecule has 1 unspecified atom stereocenters. The summed E-state index contributed by atoms with van der Waals surface area (Å²) in [5, 5.41) is 8.50. The normalized spacial score (nSPS) is 12.6. The van der Waals surface area contributed by atoms with Gasteiger partial charge < -0.3 is 9.84 Å². The number of benzene rings is 1. The number of aromatic nitrogens is 2. The van der Waals surface area contributed by atoms with Gasteiger partial charge in [-0.05, 0) is 31.0 Å². The van der Waals surface area contributed by atoms with Crippen LogP contribution in [0, 0.1) is 0 Å². The fourth-order valence-corrected chi connectivity index (χ4v) is 2.46. The standard InChI is InChI=1S/C14H17Cl2N3O/c1-3-4-13-18-14(20-19-13)8-17-9(2)11-6-5-10(15)7-12(11)16/h5-7,9,17H,3-4,8H2,1-2H3. The number of hydrogen-bond donors (Lipinski definition) is 1. The summed E-state index contributed by atoms with van der Waals surface area (Å²) in [6.45, 7) is 4.62. The Balaban J connectivity index is 1.95. The summed E-state index contributed by atoms with van der Waals surface area (Å²) < 4.78 is 5.18. The Morgan fingerprint density at radius 3 is 2.85 bits per heavy atom. The quantitative estimate of drug-likeness (QED) is 0.869. The van der Waals surface area contributed by atoms with Crippen LogP contribution >= 0.6 is 23.2 Å². The number of aryl methyl sites for hydroxylation is 1. The van der Waals surface area contributed by atoms with E-state index in [0.717, 1.165) is 24.2 Å². The molecule has 1 heterocycles. The Bertz CT molecular complexity index is 571. The number of hydrogen-bond acceptors (Lipinski definition) is 4. The topological polar surface area (TPSA) is 51.0 Å². The summed E-state index contributed by atoms with van der Waals surface area (Å²) in [5.41, 5.74) is 0.990. The van der Waals surface area contributed by atoms with E-state index in [-0.39, 0.29) is 6.04 Å². The summed E-state index contributed by atoms with van der Waals surface area (Å²) in [7, 11) is 0. The maximum atomic E-state index is 6.18. The molecular weight excluding hydrogens is 297 g/mol. The summed E-state index contributed by atoms with van der Waals surface area (Å²) in [6.07, 6.45) is 1.84. The minimum atomic E-state index is 0.0706. The van der Waals surface area contributed by atoms with Crippen LogP contribution in [0.4, 0.5) is 0 Å². The van der Waals surface area contributed by atoms with Crippen LogP contribution in [0.1, 0.15) is 43.6 Å². The van der Waals surface area contributed by atoms with Gasteiger partial charge in [-0.15, -0.1) is 0 Å². The van der Waals surface area contributed by atoms with Crippen LogP contribution < -0.4 is 5.32 Å². The Morgan fingerprint density at radius 1 is 1.35 bits per heavy atom. The summed E-state index contributed by atoms with van der Waals surface area (Å²) in [5.74, 6) is 1.34. The van der Waals surface area contributed by atoms with Gasteiger partial charge in [0.15, 0.2) is 5.82 Å². The van der Waals surface area contributed by atoms with Crippen molar-refractivity contribution < 1.29 is 4.52 Å². The van der Waals surface area contributed by atoms with Crippen molar-refractivity contribution in [2.45, 2.75) is 39.3 Å². The molecule has 1 aromatic carbocycles. The maximum absolute atomic E-state index is 6.18. The third-order valence-electron chi connectivity index (χ3n) is 2.97. The molecule has 1 N–H and O–H groups in total. The average molecular weight is 314 g/mol. The van der Waals surface area contributed by atoms with E-state index in [0.29, 0.717) is 22.5 Å². The highest BCUT2D eigenvalue weighted by Crippen LogP contribution is 2.26. The van der Waals surface area contributed by atoms with Crippen molar-refractivity contribution in [2.24, 2.45) is 0 Å². The third kappa shape index (κ3) is 3.95. The fraction of sp³-hybridized carbons (Fsp3) is 0.429. The average Bonchev–Trinajstić information content (AvgIpc) is 2.84. The second kappa shape index (κ2) is 7.07. The van der Waals surface area contributed by atoms with Crippen LogP contribution in [0.25, 0.3) is 0 Å². The lowest BCUT2D eigenvalue weighted by Crippen LogP contribution is -2.18. The Hall–Kier alpha value is -1.10. The van der Waals surface area contributed by atoms with Gasteiger partial charge in [0, 0.05) is 22.5 Å². The summed E-state index contributed by atoms with van der Waals surface area (Å²) in [4.78, 5) is 4.31. The monoisotopic (exact) mass is 313 g/mol. The van der Waals surface area contributed by atoms with Crippen LogP contribution in [0.2, 0.25) is 10.0 Å². The molecule has 1 atom stereocenters. The Labute approximate surface area is 128 Å². The molecular formula is C14H17Cl2N3O. The van der Waals surface area contributed by atoms with E-state index in [1.165, 1.54) is 0 Å². The first-order valence-corrected chi connectivity index (χ1v) is 7.35. The second-order valence-electron chi connectivity index (χ2n) is 4.62. The van der Waals surface area contributed by atoms with Crippen LogP contribution in [-0.4, -0.2) is 10.1 Å². The number of nitrogens with one attached hydrogen (secondary N) is 1. The molecule has 0 aliphatic carbocycles. The van der Waals surface area contributed by atoms with Crippen molar-refractivity contribution in [1.29, 1.82) is 0 Å². The van der Waals surface area contributed by atoms with E-state index in [9.17, 15) is 0 Å². The number of nitrogens with zero attached hydrogens (tertiary/aromatic N) is 2. The van der Waals surface area contributed by atoms with E-state index >= 15 is 0 Å². The van der Waals surface area contributed by atoms with Gasteiger partial charge in [0.1, 0.15) is 0 Å². The van der Waals surface area contributed by atoms with Crippen LogP contribution in [0.3, 0.4) is 0 Å². The van der Waals surface area contributed by atoms with Crippen molar-refractivity contribution in [3.05, 3.63) is 45.5 Å². The SMILES string of the molecule is CCCc1noc(CNC(C)c2ccc(Cl)cc2Cl)n1. The van der Waals surface area contributed by atoms with Gasteiger partial charge in [-0.2, -0.15) is 4.98 Å². The van der Waals surface area contributed by atoms with Crippen LogP contribution in [-0.2, 0) is 13.0 Å². The van der Waals surface area contributed by atoms with E-state index in [1.807, 2.05) is 19.1 Å². The molecule has 0 saturated carbocycles. The van der Waals surface area contributed by atoms with Crippen LogP contribution in [0.15, 0.2) is 22.7 Å². The van der Waals surface area contributed by atoms with Gasteiger partial charge in [0.2, 0.25) is 5.89 Å². The second-order valence-corrected chi connectivity index (χ2v) is 5.47. The lowest BCUT2D eigenvalue weighted by Gasteiger charge is -2.14. The molecule has 0 aliphatic rings.